The molecule has 0 spiro atoms. The van der Waals surface area contributed by atoms with Crippen LogP contribution in [0.5, 0.6) is 11.5 Å². The van der Waals surface area contributed by atoms with Crippen molar-refractivity contribution in [3.05, 3.63) is 207 Å². The van der Waals surface area contributed by atoms with Crippen molar-refractivity contribution in [2.24, 2.45) is 4.99 Å². The van der Waals surface area contributed by atoms with E-state index in [0.29, 0.717) is 11.5 Å². The zero-order valence-corrected chi connectivity index (χ0v) is 43.1. The summed E-state index contributed by atoms with van der Waals surface area (Å²) in [4.78, 5) is 15.8. The van der Waals surface area contributed by atoms with Crippen molar-refractivity contribution in [2.45, 2.75) is 118 Å². The Bertz CT molecular complexity index is 2920. The molecule has 0 saturated heterocycles. The molecule has 3 heterocycles. The van der Waals surface area contributed by atoms with E-state index in [9.17, 15) is 0 Å². The topological polar surface area (TPSA) is 41.0 Å². The van der Waals surface area contributed by atoms with Gasteiger partial charge in [0.1, 0.15) is 5.82 Å². The third-order valence-corrected chi connectivity index (χ3v) is 14.4. The molecule has 0 N–H and O–H groups in total. The quantitative estimate of drug-likeness (QED) is 0.142. The number of ether oxygens (including phenoxy) is 1. The number of amidine groups is 1. The summed E-state index contributed by atoms with van der Waals surface area (Å²) in [6.07, 6.45) is 1.89. The fourth-order valence-electron chi connectivity index (χ4n) is 10.5. The van der Waals surface area contributed by atoms with Crippen LogP contribution in [0.1, 0.15) is 123 Å². The summed E-state index contributed by atoms with van der Waals surface area (Å²) >= 11 is 0. The summed E-state index contributed by atoms with van der Waals surface area (Å²) in [5.74, 6) is 3.00. The maximum Gasteiger partial charge on any atom is 2.00 e. The van der Waals surface area contributed by atoms with Crippen LogP contribution in [0.25, 0.3) is 0 Å². The van der Waals surface area contributed by atoms with Gasteiger partial charge in [0.15, 0.2) is 0 Å². The zero-order chi connectivity index (χ0) is 46.2. The molecule has 0 bridgehead atoms. The number of benzene rings is 6. The molecule has 0 radical (unpaired) electrons. The van der Waals surface area contributed by atoms with Gasteiger partial charge in [0, 0.05) is 46.0 Å². The molecule has 0 amide bonds. The van der Waals surface area contributed by atoms with Gasteiger partial charge in [0.25, 0.3) is 0 Å². The normalized spacial score (nSPS) is 17.2. The SMILES string of the molecule is Cc1cc(Oc2[c-]c(C3=N[C@](C)(C(c4ccccc4)c4ccccc4)C(C)(C)N3c3c(C)cccc3C)c(C)cc2C)[c-]c(N2c3ccc(C(C)(C)C)cc3C(C)(C)c3cccnc32)c1.[Pt+2]. The van der Waals surface area contributed by atoms with Crippen LogP contribution >= 0.6 is 0 Å². The van der Waals surface area contributed by atoms with E-state index in [1.54, 1.807) is 0 Å². The Kier molecular flexibility index (Phi) is 12.1. The number of pyridine rings is 1. The molecule has 9 rings (SSSR count). The molecule has 6 aromatic carbocycles. The summed E-state index contributed by atoms with van der Waals surface area (Å²) in [6.45, 7) is 29.3. The van der Waals surface area contributed by atoms with Gasteiger partial charge >= 0.3 is 21.1 Å². The number of para-hydroxylation sites is 1. The zero-order valence-electron chi connectivity index (χ0n) is 40.8. The second-order valence-corrected chi connectivity index (χ2v) is 20.6. The molecule has 2 aliphatic rings. The van der Waals surface area contributed by atoms with Crippen LogP contribution in [0.2, 0.25) is 0 Å². The molecule has 0 aliphatic carbocycles. The molecule has 1 aromatic heterocycles. The Hall–Kier alpha value is -5.77. The van der Waals surface area contributed by atoms with Gasteiger partial charge in [-0.3, -0.25) is 0 Å². The van der Waals surface area contributed by atoms with Crippen LogP contribution in [-0.2, 0) is 31.9 Å². The smallest absolute Gasteiger partial charge is 0.503 e. The van der Waals surface area contributed by atoms with Crippen LogP contribution in [-0.4, -0.2) is 21.9 Å². The van der Waals surface area contributed by atoms with Gasteiger partial charge in [-0.1, -0.05) is 170 Å². The summed E-state index contributed by atoms with van der Waals surface area (Å²) in [6, 6.07) is 53.5. The number of rotatable bonds is 8. The number of fused-ring (bicyclic) bond motifs is 2. The van der Waals surface area contributed by atoms with Crippen molar-refractivity contribution in [2.75, 3.05) is 9.80 Å². The number of nitrogens with zero attached hydrogens (tertiary/aromatic N) is 4. The minimum atomic E-state index is -0.623. The minimum Gasteiger partial charge on any atom is -0.503 e. The van der Waals surface area contributed by atoms with E-state index in [4.69, 9.17) is 14.7 Å². The van der Waals surface area contributed by atoms with Crippen molar-refractivity contribution in [1.82, 2.24) is 4.98 Å². The van der Waals surface area contributed by atoms with Crippen LogP contribution in [0.3, 0.4) is 0 Å². The third kappa shape index (κ3) is 7.81. The van der Waals surface area contributed by atoms with Crippen molar-refractivity contribution in [1.29, 1.82) is 0 Å². The molecule has 0 fully saturated rings. The van der Waals surface area contributed by atoms with Gasteiger partial charge in [0.05, 0.1) is 16.9 Å². The van der Waals surface area contributed by atoms with Gasteiger partial charge in [-0.15, -0.1) is 35.4 Å². The first-order valence-electron chi connectivity index (χ1n) is 23.0. The Morgan fingerprint density at radius 2 is 1.27 bits per heavy atom. The molecule has 338 valence electrons. The molecule has 0 unspecified atom stereocenters. The molecule has 2 aliphatic heterocycles. The Morgan fingerprint density at radius 1 is 0.636 bits per heavy atom. The summed E-state index contributed by atoms with van der Waals surface area (Å²) in [7, 11) is 0. The Balaban J connectivity index is 0.00000592. The number of aliphatic imine (C=N–C) groups is 1. The van der Waals surface area contributed by atoms with Gasteiger partial charge in [-0.2, -0.15) is 5.56 Å². The fraction of sp³-hybridized carbons (Fsp3) is 0.300. The van der Waals surface area contributed by atoms with E-state index in [1.807, 2.05) is 12.3 Å². The van der Waals surface area contributed by atoms with Gasteiger partial charge in [-0.25, -0.2) is 4.98 Å². The standard InChI is InChI=1S/C60H62N4O.Pt/c1-38-32-46(63-51-30-29-45(57(6,7)8)35-50(51)58(9,10)49-28-21-31-61-56(49)63)36-47(33-38)65-52-37-48(41(4)34-42(52)5)55-62-60(13,59(11,12)64(55)54-39(2)22-20-23-40(54)3)53(43-24-16-14-17-25-43)44-26-18-15-19-27-44;/h14-35,53H,1-13H3;/q-2;+2/t60-;/m1./s1. The first-order chi connectivity index (χ1) is 30.8. The molecule has 1 atom stereocenters. The predicted octanol–water partition coefficient (Wildman–Crippen LogP) is 15.1. The Labute approximate surface area is 408 Å². The van der Waals surface area contributed by atoms with Crippen molar-refractivity contribution in [3.63, 3.8) is 0 Å². The molecular formula is C60H62N4OPt. The third-order valence-electron chi connectivity index (χ3n) is 14.4. The second kappa shape index (κ2) is 17.1. The van der Waals surface area contributed by atoms with Crippen LogP contribution in [0, 0.1) is 46.8 Å². The van der Waals surface area contributed by atoms with Crippen LogP contribution in [0.4, 0.5) is 22.9 Å². The number of anilines is 4. The van der Waals surface area contributed by atoms with Gasteiger partial charge < -0.3 is 19.5 Å². The number of aromatic nitrogens is 1. The summed E-state index contributed by atoms with van der Waals surface area (Å²) < 4.78 is 7.00. The number of hydrogen-bond acceptors (Lipinski definition) is 5. The van der Waals surface area contributed by atoms with Crippen LogP contribution in [0.15, 0.2) is 139 Å². The molecule has 66 heavy (non-hydrogen) atoms. The van der Waals surface area contributed by atoms with E-state index in [0.717, 1.165) is 45.3 Å². The van der Waals surface area contributed by atoms with E-state index in [-0.39, 0.29) is 37.8 Å². The van der Waals surface area contributed by atoms with Gasteiger partial charge in [0.2, 0.25) is 0 Å². The average molecular weight is 1050 g/mol. The molecule has 0 saturated carbocycles. The van der Waals surface area contributed by atoms with Crippen molar-refractivity contribution in [3.8, 4) is 11.5 Å². The predicted molar refractivity (Wildman–Crippen MR) is 270 cm³/mol. The van der Waals surface area contributed by atoms with Gasteiger partial charge in [-0.05, 0) is 85.5 Å². The summed E-state index contributed by atoms with van der Waals surface area (Å²) in [5, 5.41) is 0. The monoisotopic (exact) mass is 1050 g/mol. The largest absolute Gasteiger partial charge is 2.00 e. The molecule has 7 aromatic rings. The maximum absolute atomic E-state index is 7.00. The van der Waals surface area contributed by atoms with E-state index >= 15 is 0 Å². The van der Waals surface area contributed by atoms with E-state index < -0.39 is 11.1 Å². The maximum atomic E-state index is 7.00. The van der Waals surface area contributed by atoms with Crippen LogP contribution < -0.4 is 14.5 Å². The van der Waals surface area contributed by atoms with Crippen molar-refractivity contribution < 1.29 is 25.8 Å². The summed E-state index contributed by atoms with van der Waals surface area (Å²) in [5.41, 5.74) is 14.4. The molecule has 6 heteroatoms. The van der Waals surface area contributed by atoms with E-state index in [1.165, 1.54) is 44.6 Å². The minimum absolute atomic E-state index is 0. The second-order valence-electron chi connectivity index (χ2n) is 20.6. The number of hydrogen-bond donors (Lipinski definition) is 0. The van der Waals surface area contributed by atoms with E-state index in [2.05, 4.69) is 233 Å². The average Bonchev–Trinajstić information content (AvgIpc) is 3.46. The fourth-order valence-corrected chi connectivity index (χ4v) is 10.5. The first kappa shape index (κ1) is 46.7. The first-order valence-corrected chi connectivity index (χ1v) is 23.0. The molecular weight excluding hydrogens is 988 g/mol. The number of aryl methyl sites for hydroxylation is 5. The Morgan fingerprint density at radius 3 is 1.89 bits per heavy atom. The van der Waals surface area contributed by atoms with Crippen molar-refractivity contribution >= 4 is 28.7 Å². The molecule has 5 nitrogen and oxygen atoms in total.